The molecule has 3 aromatic carbocycles. The molecule has 0 bridgehead atoms. The molecule has 6 nitrogen and oxygen atoms in total. The van der Waals surface area contributed by atoms with E-state index in [0.717, 1.165) is 14.5 Å². The number of ether oxygens (including phenoxy) is 4. The van der Waals surface area contributed by atoms with Gasteiger partial charge in [0.25, 0.3) is 0 Å². The third-order valence-electron chi connectivity index (χ3n) is 4.92. The summed E-state index contributed by atoms with van der Waals surface area (Å²) in [5.41, 5.74) is 2.39. The maximum atomic E-state index is 12.9. The number of ketones is 1. The Hall–Kier alpha value is -2.94. The van der Waals surface area contributed by atoms with Gasteiger partial charge in [-0.15, -0.1) is 0 Å². The van der Waals surface area contributed by atoms with Gasteiger partial charge < -0.3 is 18.9 Å². The van der Waals surface area contributed by atoms with Crippen LogP contribution in [0.3, 0.4) is 0 Å². The van der Waals surface area contributed by atoms with Crippen molar-refractivity contribution in [1.29, 1.82) is 0 Å². The molecule has 0 N–H and O–H groups in total. The van der Waals surface area contributed by atoms with Crippen LogP contribution in [-0.2, 0) is 11.3 Å². The molecule has 0 atom stereocenters. The molecule has 32 heavy (non-hydrogen) atoms. The fourth-order valence-corrected chi connectivity index (χ4v) is 4.23. The smallest absolute Gasteiger partial charge is 0.343 e. The molecule has 0 aromatic heterocycles. The Bertz CT molecular complexity index is 1280. The van der Waals surface area contributed by atoms with Gasteiger partial charge in [0.15, 0.2) is 12.6 Å². The number of rotatable bonds is 3. The van der Waals surface area contributed by atoms with Gasteiger partial charge in [0.05, 0.1) is 17.7 Å². The van der Waals surface area contributed by atoms with Crippen molar-refractivity contribution in [3.63, 3.8) is 0 Å². The fraction of sp³-hybridized carbons (Fsp3) is 0.0833. The highest BCUT2D eigenvalue weighted by Gasteiger charge is 2.29. The van der Waals surface area contributed by atoms with E-state index in [1.165, 1.54) is 6.07 Å². The van der Waals surface area contributed by atoms with Crippen LogP contribution in [0.2, 0.25) is 0 Å². The van der Waals surface area contributed by atoms with Crippen molar-refractivity contribution >= 4 is 49.7 Å². The summed E-state index contributed by atoms with van der Waals surface area (Å²) < 4.78 is 23.9. The van der Waals surface area contributed by atoms with Crippen LogP contribution in [0.15, 0.2) is 69.3 Å². The van der Waals surface area contributed by atoms with E-state index < -0.39 is 5.97 Å². The standard InChI is InChI=1S/C24H14Br2O6/c25-16-3-1-13(2-4-16)24(28)31-18-5-6-19-20(10-18)32-21(22(19)27)9-14-7-17(26)8-15-11-29-12-30-23(14)15/h1-10H,11-12H2/b21-9-. The molecular weight excluding hydrogens is 544 g/mol. The molecule has 0 radical (unpaired) electrons. The topological polar surface area (TPSA) is 71.1 Å². The van der Waals surface area contributed by atoms with E-state index in [2.05, 4.69) is 31.9 Å². The first-order valence-corrected chi connectivity index (χ1v) is 11.2. The lowest BCUT2D eigenvalue weighted by molar-refractivity contribution is -0.0165. The summed E-state index contributed by atoms with van der Waals surface area (Å²) in [4.78, 5) is 25.2. The van der Waals surface area contributed by atoms with Gasteiger partial charge in [0.2, 0.25) is 5.78 Å². The van der Waals surface area contributed by atoms with E-state index in [0.29, 0.717) is 34.8 Å². The predicted molar refractivity (Wildman–Crippen MR) is 123 cm³/mol. The number of hydrogen-bond acceptors (Lipinski definition) is 6. The summed E-state index contributed by atoms with van der Waals surface area (Å²) in [6.45, 7) is 0.569. The van der Waals surface area contributed by atoms with Gasteiger partial charge in [-0.25, -0.2) is 4.79 Å². The first kappa shape index (κ1) is 20.9. The SMILES string of the molecule is O=C(Oc1ccc2c(c1)O/C(=C\c1cc(Br)cc3c1OCOC3)C2=O)c1ccc(Br)cc1. The Morgan fingerprint density at radius 3 is 2.62 bits per heavy atom. The zero-order valence-corrected chi connectivity index (χ0v) is 19.6. The molecule has 2 aliphatic heterocycles. The number of halogens is 2. The third-order valence-corrected chi connectivity index (χ3v) is 5.91. The molecule has 160 valence electrons. The van der Waals surface area contributed by atoms with Crippen LogP contribution in [0.25, 0.3) is 6.08 Å². The first-order valence-electron chi connectivity index (χ1n) is 9.57. The maximum Gasteiger partial charge on any atom is 0.343 e. The minimum atomic E-state index is -0.502. The van der Waals surface area contributed by atoms with Crippen molar-refractivity contribution in [1.82, 2.24) is 0 Å². The lowest BCUT2D eigenvalue weighted by Crippen LogP contribution is -2.12. The quantitative estimate of drug-likeness (QED) is 0.226. The van der Waals surface area contributed by atoms with Crippen LogP contribution >= 0.6 is 31.9 Å². The van der Waals surface area contributed by atoms with E-state index in [1.54, 1.807) is 42.5 Å². The van der Waals surface area contributed by atoms with E-state index in [4.69, 9.17) is 18.9 Å². The largest absolute Gasteiger partial charge is 0.467 e. The van der Waals surface area contributed by atoms with Crippen LogP contribution in [0.5, 0.6) is 17.2 Å². The van der Waals surface area contributed by atoms with Crippen molar-refractivity contribution in [3.05, 3.63) is 91.6 Å². The number of Topliss-reactive ketones (excluding diaryl/α,β-unsaturated/α-hetero) is 1. The molecule has 0 amide bonds. The van der Waals surface area contributed by atoms with Crippen LogP contribution in [0.1, 0.15) is 31.8 Å². The first-order chi connectivity index (χ1) is 15.5. The summed E-state index contributed by atoms with van der Waals surface area (Å²) in [5, 5.41) is 0. The summed E-state index contributed by atoms with van der Waals surface area (Å²) >= 11 is 6.80. The van der Waals surface area contributed by atoms with Crippen molar-refractivity contribution in [2.75, 3.05) is 6.79 Å². The zero-order valence-electron chi connectivity index (χ0n) is 16.4. The van der Waals surface area contributed by atoms with E-state index in [9.17, 15) is 9.59 Å². The second kappa shape index (κ2) is 8.54. The molecule has 5 rings (SSSR count). The average Bonchev–Trinajstić information content (AvgIpc) is 3.08. The Morgan fingerprint density at radius 2 is 1.81 bits per heavy atom. The van der Waals surface area contributed by atoms with Crippen LogP contribution in [-0.4, -0.2) is 18.5 Å². The van der Waals surface area contributed by atoms with E-state index in [1.807, 2.05) is 12.1 Å². The van der Waals surface area contributed by atoms with Crippen molar-refractivity contribution < 1.29 is 28.5 Å². The number of benzene rings is 3. The number of carbonyl (C=O) groups excluding carboxylic acids is 2. The molecule has 0 fully saturated rings. The van der Waals surface area contributed by atoms with Gasteiger partial charge in [-0.1, -0.05) is 31.9 Å². The summed E-state index contributed by atoms with van der Waals surface area (Å²) in [6, 6.07) is 15.3. The molecular formula is C24H14Br2O6. The molecule has 0 unspecified atom stereocenters. The van der Waals surface area contributed by atoms with Crippen LogP contribution in [0, 0.1) is 0 Å². The second-order valence-corrected chi connectivity index (χ2v) is 8.92. The Labute approximate surface area is 200 Å². The highest BCUT2D eigenvalue weighted by Crippen LogP contribution is 2.38. The van der Waals surface area contributed by atoms with E-state index in [-0.39, 0.29) is 24.1 Å². The second-order valence-electron chi connectivity index (χ2n) is 7.09. The molecule has 2 heterocycles. The van der Waals surface area contributed by atoms with Gasteiger partial charge in [0.1, 0.15) is 17.2 Å². The zero-order chi connectivity index (χ0) is 22.2. The van der Waals surface area contributed by atoms with Crippen LogP contribution in [0.4, 0.5) is 0 Å². The van der Waals surface area contributed by atoms with Gasteiger partial charge in [-0.2, -0.15) is 0 Å². The molecule has 3 aromatic rings. The molecule has 0 spiro atoms. The maximum absolute atomic E-state index is 12.9. The number of esters is 1. The average molecular weight is 558 g/mol. The summed E-state index contributed by atoms with van der Waals surface area (Å²) in [6.07, 6.45) is 1.64. The molecule has 0 saturated heterocycles. The van der Waals surface area contributed by atoms with E-state index >= 15 is 0 Å². The number of allylic oxidation sites excluding steroid dienone is 1. The number of carbonyl (C=O) groups is 2. The Kier molecular flexibility index (Phi) is 5.58. The monoisotopic (exact) mass is 556 g/mol. The van der Waals surface area contributed by atoms with Crippen molar-refractivity contribution in [2.45, 2.75) is 6.61 Å². The van der Waals surface area contributed by atoms with Gasteiger partial charge >= 0.3 is 5.97 Å². The molecule has 0 aliphatic carbocycles. The third kappa shape index (κ3) is 4.09. The summed E-state index contributed by atoms with van der Waals surface area (Å²) in [5.74, 6) is 0.668. The lowest BCUT2D eigenvalue weighted by Gasteiger charge is -2.20. The predicted octanol–water partition coefficient (Wildman–Crippen LogP) is 5.91. The van der Waals surface area contributed by atoms with Gasteiger partial charge in [-0.3, -0.25) is 4.79 Å². The minimum Gasteiger partial charge on any atom is -0.467 e. The van der Waals surface area contributed by atoms with Gasteiger partial charge in [0, 0.05) is 26.1 Å². The molecule has 2 aliphatic rings. The van der Waals surface area contributed by atoms with Crippen LogP contribution < -0.4 is 14.2 Å². The number of hydrogen-bond donors (Lipinski definition) is 0. The van der Waals surface area contributed by atoms with Crippen molar-refractivity contribution in [3.8, 4) is 17.2 Å². The minimum absolute atomic E-state index is 0.146. The Morgan fingerprint density at radius 1 is 1.00 bits per heavy atom. The Balaban J connectivity index is 1.40. The highest BCUT2D eigenvalue weighted by molar-refractivity contribution is 9.10. The normalized spacial score (nSPS) is 15.6. The van der Waals surface area contributed by atoms with Gasteiger partial charge in [-0.05, 0) is 54.6 Å². The fourth-order valence-electron chi connectivity index (χ4n) is 3.44. The lowest BCUT2D eigenvalue weighted by atomic mass is 10.1. The van der Waals surface area contributed by atoms with Crippen molar-refractivity contribution in [2.24, 2.45) is 0 Å². The molecule has 0 saturated carbocycles. The highest BCUT2D eigenvalue weighted by atomic mass is 79.9. The molecule has 8 heteroatoms. The summed E-state index contributed by atoms with van der Waals surface area (Å²) in [7, 11) is 0. The number of fused-ring (bicyclic) bond motifs is 2.